The molecule has 0 radical (unpaired) electrons. The lowest BCUT2D eigenvalue weighted by molar-refractivity contribution is -0.165. The number of morpholine rings is 1. The van der Waals surface area contributed by atoms with Crippen LogP contribution in [0, 0.1) is 0 Å². The maximum atomic E-state index is 13.1. The predicted molar refractivity (Wildman–Crippen MR) is 91.3 cm³/mol. The molecule has 1 atom stereocenters. The first kappa shape index (κ1) is 16.9. The highest BCUT2D eigenvalue weighted by Crippen LogP contribution is 2.29. The number of amides is 1. The molecule has 1 N–H and O–H groups in total. The molecule has 5 nitrogen and oxygen atoms in total. The molecule has 6 heteroatoms. The van der Waals surface area contributed by atoms with Gasteiger partial charge in [-0.3, -0.25) is 4.79 Å². The van der Waals surface area contributed by atoms with Crippen molar-refractivity contribution in [2.45, 2.75) is 24.5 Å². The van der Waals surface area contributed by atoms with Gasteiger partial charge in [-0.1, -0.05) is 28.1 Å². The van der Waals surface area contributed by atoms with Crippen molar-refractivity contribution in [3.05, 3.63) is 34.3 Å². The molecule has 1 unspecified atom stereocenters. The molecule has 2 aliphatic heterocycles. The fraction of sp³-hybridized carbons (Fsp3) is 0.588. The van der Waals surface area contributed by atoms with E-state index in [2.05, 4.69) is 27.3 Å². The predicted octanol–water partition coefficient (Wildman–Crippen LogP) is 2.12. The average molecular weight is 383 g/mol. The van der Waals surface area contributed by atoms with Crippen LogP contribution in [0.1, 0.15) is 24.5 Å². The highest BCUT2D eigenvalue weighted by Gasteiger charge is 2.43. The molecule has 0 aliphatic carbocycles. The van der Waals surface area contributed by atoms with Crippen LogP contribution in [0.2, 0.25) is 0 Å². The number of nitrogens with one attached hydrogen (secondary N) is 1. The zero-order chi connectivity index (χ0) is 16.3. The summed E-state index contributed by atoms with van der Waals surface area (Å²) < 4.78 is 12.6. The van der Waals surface area contributed by atoms with Gasteiger partial charge in [-0.2, -0.15) is 0 Å². The minimum atomic E-state index is -0.676. The summed E-state index contributed by atoms with van der Waals surface area (Å²) in [5, 5.41) is 3.29. The van der Waals surface area contributed by atoms with E-state index in [0.717, 1.165) is 36.0 Å². The van der Waals surface area contributed by atoms with Gasteiger partial charge in [-0.15, -0.1) is 0 Å². The lowest BCUT2D eigenvalue weighted by atomic mass is 9.90. The van der Waals surface area contributed by atoms with E-state index in [1.165, 1.54) is 0 Å². The number of carbonyl (C=O) groups excluding carboxylic acids is 1. The molecule has 0 saturated carbocycles. The Morgan fingerprint density at radius 3 is 2.91 bits per heavy atom. The lowest BCUT2D eigenvalue weighted by Gasteiger charge is -2.41. The van der Waals surface area contributed by atoms with E-state index < -0.39 is 5.60 Å². The summed E-state index contributed by atoms with van der Waals surface area (Å²) in [6.45, 7) is 3.40. The summed E-state index contributed by atoms with van der Waals surface area (Å²) in [5.41, 5.74) is 0.415. The number of methoxy groups -OCH3 is 1. The third-order valence-electron chi connectivity index (χ3n) is 4.77. The smallest absolute Gasteiger partial charge is 0.255 e. The third kappa shape index (κ3) is 3.60. The van der Waals surface area contributed by atoms with Crippen molar-refractivity contribution in [2.75, 3.05) is 39.9 Å². The van der Waals surface area contributed by atoms with E-state index in [1.807, 2.05) is 23.1 Å². The van der Waals surface area contributed by atoms with E-state index in [9.17, 15) is 4.79 Å². The van der Waals surface area contributed by atoms with E-state index in [1.54, 1.807) is 7.11 Å². The van der Waals surface area contributed by atoms with Crippen molar-refractivity contribution >= 4 is 21.8 Å². The summed E-state index contributed by atoms with van der Waals surface area (Å²) >= 11 is 3.49. The van der Waals surface area contributed by atoms with Gasteiger partial charge in [0, 0.05) is 18.1 Å². The molecule has 2 fully saturated rings. The summed E-state index contributed by atoms with van der Waals surface area (Å²) in [6.07, 6.45) is 1.36. The second-order valence-electron chi connectivity index (χ2n) is 6.11. The molecular weight excluding hydrogens is 360 g/mol. The van der Waals surface area contributed by atoms with Crippen LogP contribution >= 0.6 is 15.9 Å². The van der Waals surface area contributed by atoms with Crippen LogP contribution < -0.4 is 5.32 Å². The minimum Gasteiger partial charge on any atom is -0.370 e. The van der Waals surface area contributed by atoms with E-state index in [0.29, 0.717) is 19.7 Å². The van der Waals surface area contributed by atoms with Crippen LogP contribution in [0.25, 0.3) is 0 Å². The van der Waals surface area contributed by atoms with E-state index in [-0.39, 0.29) is 12.0 Å². The maximum Gasteiger partial charge on any atom is 0.255 e. The van der Waals surface area contributed by atoms with Gasteiger partial charge in [-0.05, 0) is 43.6 Å². The summed E-state index contributed by atoms with van der Waals surface area (Å²) in [5.74, 6) is 0.102. The number of benzene rings is 1. The zero-order valence-electron chi connectivity index (χ0n) is 13.4. The van der Waals surface area contributed by atoms with Crippen molar-refractivity contribution in [3.63, 3.8) is 0 Å². The van der Waals surface area contributed by atoms with E-state index >= 15 is 0 Å². The molecule has 3 rings (SSSR count). The fourth-order valence-corrected chi connectivity index (χ4v) is 3.78. The van der Waals surface area contributed by atoms with Gasteiger partial charge < -0.3 is 19.7 Å². The largest absolute Gasteiger partial charge is 0.370 e. The lowest BCUT2D eigenvalue weighted by Crippen LogP contribution is -2.57. The minimum absolute atomic E-state index is 0.0826. The van der Waals surface area contributed by atoms with Crippen LogP contribution in [0.4, 0.5) is 0 Å². The summed E-state index contributed by atoms with van der Waals surface area (Å²) in [4.78, 5) is 15.0. The topological polar surface area (TPSA) is 50.8 Å². The first-order valence-electron chi connectivity index (χ1n) is 8.07. The normalized spacial score (nSPS) is 24.4. The van der Waals surface area contributed by atoms with Crippen LogP contribution in [0.5, 0.6) is 0 Å². The Kier molecular flexibility index (Phi) is 5.36. The van der Waals surface area contributed by atoms with Crippen molar-refractivity contribution < 1.29 is 14.3 Å². The van der Waals surface area contributed by atoms with E-state index in [4.69, 9.17) is 9.47 Å². The Balaban J connectivity index is 1.74. The maximum absolute atomic E-state index is 13.1. The Morgan fingerprint density at radius 1 is 1.43 bits per heavy atom. The zero-order valence-corrected chi connectivity index (χ0v) is 15.0. The molecule has 2 heterocycles. The molecule has 2 saturated heterocycles. The van der Waals surface area contributed by atoms with Gasteiger partial charge in [0.2, 0.25) is 0 Å². The van der Waals surface area contributed by atoms with Crippen molar-refractivity contribution in [2.24, 2.45) is 0 Å². The van der Waals surface area contributed by atoms with Crippen molar-refractivity contribution in [1.29, 1.82) is 0 Å². The molecule has 0 bridgehead atoms. The molecule has 1 aromatic rings. The number of nitrogens with zero attached hydrogens (tertiary/aromatic N) is 1. The van der Waals surface area contributed by atoms with Crippen LogP contribution in [-0.4, -0.2) is 56.3 Å². The van der Waals surface area contributed by atoms with Crippen LogP contribution in [0.3, 0.4) is 0 Å². The highest BCUT2D eigenvalue weighted by molar-refractivity contribution is 9.10. The van der Waals surface area contributed by atoms with Crippen molar-refractivity contribution in [3.8, 4) is 0 Å². The fourth-order valence-electron chi connectivity index (χ4n) is 3.37. The molecular formula is C17H23BrN2O3. The SMILES string of the molecule is COC1(C(=O)N2CCOC(c3cccc(Br)c3)C2)CCNCC1. The Labute approximate surface area is 145 Å². The highest BCUT2D eigenvalue weighted by atomic mass is 79.9. The Bertz CT molecular complexity index is 561. The number of piperidine rings is 1. The molecule has 1 amide bonds. The molecule has 126 valence electrons. The molecule has 0 aromatic heterocycles. The molecule has 1 aromatic carbocycles. The number of hydrogen-bond acceptors (Lipinski definition) is 4. The number of carbonyl (C=O) groups is 1. The molecule has 23 heavy (non-hydrogen) atoms. The quantitative estimate of drug-likeness (QED) is 0.869. The number of halogens is 1. The standard InChI is InChI=1S/C17H23BrN2O3/c1-22-17(5-7-19-8-6-17)16(21)20-9-10-23-15(12-20)13-3-2-4-14(18)11-13/h2-4,11,15,19H,5-10,12H2,1H3. The summed E-state index contributed by atoms with van der Waals surface area (Å²) in [7, 11) is 1.65. The number of ether oxygens (including phenoxy) is 2. The van der Waals surface area contributed by atoms with Crippen molar-refractivity contribution in [1.82, 2.24) is 10.2 Å². The first-order chi connectivity index (χ1) is 11.1. The van der Waals surface area contributed by atoms with Gasteiger partial charge in [0.15, 0.2) is 0 Å². The second-order valence-corrected chi connectivity index (χ2v) is 7.03. The van der Waals surface area contributed by atoms with Crippen LogP contribution in [-0.2, 0) is 14.3 Å². The number of hydrogen-bond donors (Lipinski definition) is 1. The Hall–Kier alpha value is -0.950. The van der Waals surface area contributed by atoms with Gasteiger partial charge >= 0.3 is 0 Å². The molecule has 0 spiro atoms. The second kappa shape index (κ2) is 7.30. The third-order valence-corrected chi connectivity index (χ3v) is 5.26. The first-order valence-corrected chi connectivity index (χ1v) is 8.86. The monoisotopic (exact) mass is 382 g/mol. The van der Waals surface area contributed by atoms with Gasteiger partial charge in [0.05, 0.1) is 13.2 Å². The number of rotatable bonds is 3. The van der Waals surface area contributed by atoms with Gasteiger partial charge in [0.1, 0.15) is 11.7 Å². The average Bonchev–Trinajstić information content (AvgIpc) is 2.62. The Morgan fingerprint density at radius 2 is 2.22 bits per heavy atom. The van der Waals surface area contributed by atoms with Gasteiger partial charge in [-0.25, -0.2) is 0 Å². The summed E-state index contributed by atoms with van der Waals surface area (Å²) in [6, 6.07) is 8.08. The van der Waals surface area contributed by atoms with Crippen LogP contribution in [0.15, 0.2) is 28.7 Å². The van der Waals surface area contributed by atoms with Gasteiger partial charge in [0.25, 0.3) is 5.91 Å². The molecule has 2 aliphatic rings.